The average Bonchev–Trinajstić information content (AvgIpc) is 2.99. The fraction of sp³-hybridized carbons (Fsp3) is 0.500. The Hall–Kier alpha value is -1.95. The first-order valence-electron chi connectivity index (χ1n) is 8.04. The number of ether oxygens (including phenoxy) is 3. The van der Waals surface area contributed by atoms with Gasteiger partial charge in [0.1, 0.15) is 24.0 Å². The highest BCUT2D eigenvalue weighted by atomic mass is 19.1. The van der Waals surface area contributed by atoms with Gasteiger partial charge in [-0.1, -0.05) is 5.57 Å². The highest BCUT2D eigenvalue weighted by molar-refractivity contribution is 5.90. The molecule has 1 aromatic carbocycles. The smallest absolute Gasteiger partial charge is 0.333 e. The molecule has 0 aromatic heterocycles. The largest absolute Gasteiger partial charge is 0.491 e. The monoisotopic (exact) mass is 340 g/mol. The lowest BCUT2D eigenvalue weighted by Crippen LogP contribution is -2.10. The third-order valence-electron chi connectivity index (χ3n) is 3.91. The lowest BCUT2D eigenvalue weighted by Gasteiger charge is -2.14. The van der Waals surface area contributed by atoms with Gasteiger partial charge in [-0.3, -0.25) is 0 Å². The maximum absolute atomic E-state index is 14.3. The number of methoxy groups -OCH3 is 1. The Morgan fingerprint density at radius 3 is 2.71 bits per heavy atom. The van der Waals surface area contributed by atoms with Crippen molar-refractivity contribution >= 4 is 5.97 Å². The summed E-state index contributed by atoms with van der Waals surface area (Å²) in [6.45, 7) is 2.55. The molecule has 1 aliphatic carbocycles. The van der Waals surface area contributed by atoms with E-state index in [-0.39, 0.29) is 30.3 Å². The van der Waals surface area contributed by atoms with Gasteiger partial charge in [-0.05, 0) is 26.2 Å². The predicted molar refractivity (Wildman–Crippen MR) is 84.9 cm³/mol. The molecule has 0 saturated heterocycles. The van der Waals surface area contributed by atoms with Crippen molar-refractivity contribution in [1.82, 2.24) is 0 Å². The summed E-state index contributed by atoms with van der Waals surface area (Å²) in [6, 6.07) is 1.99. The van der Waals surface area contributed by atoms with Crippen LogP contribution in [0.3, 0.4) is 0 Å². The van der Waals surface area contributed by atoms with Gasteiger partial charge in [0.2, 0.25) is 0 Å². The Balaban J connectivity index is 2.27. The second-order valence-corrected chi connectivity index (χ2v) is 5.54. The maximum Gasteiger partial charge on any atom is 0.333 e. The number of esters is 1. The Bertz CT molecular complexity index is 626. The molecule has 0 unspecified atom stereocenters. The number of rotatable bonds is 8. The van der Waals surface area contributed by atoms with Crippen LogP contribution in [0, 0.1) is 11.6 Å². The number of carbonyl (C=O) groups excluding carboxylic acids is 1. The molecule has 0 bridgehead atoms. The van der Waals surface area contributed by atoms with E-state index >= 15 is 0 Å². The number of benzene rings is 1. The minimum atomic E-state index is -0.699. The first-order valence-corrected chi connectivity index (χ1v) is 8.04. The third kappa shape index (κ3) is 4.54. The number of hydrogen-bond donors (Lipinski definition) is 0. The molecule has 0 N–H and O–H groups in total. The quantitative estimate of drug-likeness (QED) is 0.536. The molecule has 0 saturated carbocycles. The van der Waals surface area contributed by atoms with E-state index < -0.39 is 11.6 Å². The fourth-order valence-corrected chi connectivity index (χ4v) is 2.79. The van der Waals surface area contributed by atoms with E-state index in [4.69, 9.17) is 14.2 Å². The SMILES string of the molecule is CCOC(=O)C1=C(Cc2c(F)cc(F)cc2OCCOC)CCC1. The second-order valence-electron chi connectivity index (χ2n) is 5.54. The molecule has 1 aliphatic rings. The van der Waals surface area contributed by atoms with Crippen molar-refractivity contribution < 1.29 is 27.8 Å². The summed E-state index contributed by atoms with van der Waals surface area (Å²) >= 11 is 0. The Kier molecular flexibility index (Phi) is 6.73. The molecule has 0 radical (unpaired) electrons. The fourth-order valence-electron chi connectivity index (χ4n) is 2.79. The zero-order valence-corrected chi connectivity index (χ0v) is 14.0. The minimum Gasteiger partial charge on any atom is -0.491 e. The molecule has 4 nitrogen and oxygen atoms in total. The van der Waals surface area contributed by atoms with E-state index in [2.05, 4.69) is 0 Å². The lowest BCUT2D eigenvalue weighted by molar-refractivity contribution is -0.138. The molecular weight excluding hydrogens is 318 g/mol. The molecule has 6 heteroatoms. The third-order valence-corrected chi connectivity index (χ3v) is 3.91. The van der Waals surface area contributed by atoms with E-state index in [1.807, 2.05) is 0 Å². The zero-order chi connectivity index (χ0) is 17.5. The standard InChI is InChI=1S/C18H22F2O4/c1-3-23-18(21)14-6-4-5-12(14)9-15-16(20)10-13(19)11-17(15)24-8-7-22-2/h10-11H,3-9H2,1-2H3. The van der Waals surface area contributed by atoms with Crippen LogP contribution >= 0.6 is 0 Å². The Morgan fingerprint density at radius 2 is 2.00 bits per heavy atom. The number of carbonyl (C=O) groups is 1. The van der Waals surface area contributed by atoms with Crippen molar-refractivity contribution in [3.63, 3.8) is 0 Å². The van der Waals surface area contributed by atoms with Gasteiger partial charge in [-0.25, -0.2) is 13.6 Å². The topological polar surface area (TPSA) is 44.8 Å². The normalized spacial score (nSPS) is 14.2. The average molecular weight is 340 g/mol. The Morgan fingerprint density at radius 1 is 1.21 bits per heavy atom. The van der Waals surface area contributed by atoms with Crippen LogP contribution < -0.4 is 4.74 Å². The van der Waals surface area contributed by atoms with Gasteiger partial charge in [0, 0.05) is 36.8 Å². The van der Waals surface area contributed by atoms with E-state index in [9.17, 15) is 13.6 Å². The van der Waals surface area contributed by atoms with Crippen LogP contribution in [0.5, 0.6) is 5.75 Å². The van der Waals surface area contributed by atoms with E-state index in [0.29, 0.717) is 31.6 Å². The van der Waals surface area contributed by atoms with E-state index in [1.54, 1.807) is 6.92 Å². The van der Waals surface area contributed by atoms with Crippen LogP contribution in [-0.2, 0) is 20.7 Å². The highest BCUT2D eigenvalue weighted by Gasteiger charge is 2.24. The predicted octanol–water partition coefficient (Wildman–Crippen LogP) is 3.58. The van der Waals surface area contributed by atoms with Gasteiger partial charge in [0.05, 0.1) is 13.2 Å². The van der Waals surface area contributed by atoms with Gasteiger partial charge in [0.25, 0.3) is 0 Å². The highest BCUT2D eigenvalue weighted by Crippen LogP contribution is 2.33. The molecule has 24 heavy (non-hydrogen) atoms. The molecule has 2 rings (SSSR count). The second kappa shape index (κ2) is 8.78. The summed E-state index contributed by atoms with van der Waals surface area (Å²) in [5.74, 6) is -1.58. The molecule has 0 spiro atoms. The Labute approximate surface area is 140 Å². The summed E-state index contributed by atoms with van der Waals surface area (Å²) < 4.78 is 43.2. The van der Waals surface area contributed by atoms with Crippen LogP contribution in [0.2, 0.25) is 0 Å². The van der Waals surface area contributed by atoms with E-state index in [1.165, 1.54) is 7.11 Å². The van der Waals surface area contributed by atoms with Gasteiger partial charge in [0.15, 0.2) is 0 Å². The summed E-state index contributed by atoms with van der Waals surface area (Å²) in [4.78, 5) is 12.0. The molecule has 0 atom stereocenters. The van der Waals surface area contributed by atoms with Gasteiger partial charge in [-0.15, -0.1) is 0 Å². The summed E-state index contributed by atoms with van der Waals surface area (Å²) in [5.41, 5.74) is 1.69. The minimum absolute atomic E-state index is 0.146. The summed E-state index contributed by atoms with van der Waals surface area (Å²) in [5, 5.41) is 0. The van der Waals surface area contributed by atoms with Crippen LogP contribution in [0.25, 0.3) is 0 Å². The molecular formula is C18H22F2O4. The first-order chi connectivity index (χ1) is 11.6. The van der Waals surface area contributed by atoms with E-state index in [0.717, 1.165) is 24.1 Å². The molecule has 0 amide bonds. The van der Waals surface area contributed by atoms with Gasteiger partial charge >= 0.3 is 5.97 Å². The molecule has 132 valence electrons. The van der Waals surface area contributed by atoms with Crippen molar-refractivity contribution in [2.45, 2.75) is 32.6 Å². The van der Waals surface area contributed by atoms with Crippen molar-refractivity contribution in [1.29, 1.82) is 0 Å². The van der Waals surface area contributed by atoms with Crippen molar-refractivity contribution in [2.75, 3.05) is 26.9 Å². The zero-order valence-electron chi connectivity index (χ0n) is 14.0. The van der Waals surface area contributed by atoms with Crippen LogP contribution in [0.1, 0.15) is 31.7 Å². The van der Waals surface area contributed by atoms with Gasteiger partial charge < -0.3 is 14.2 Å². The molecule has 0 heterocycles. The first kappa shape index (κ1) is 18.4. The van der Waals surface area contributed by atoms with Gasteiger partial charge in [-0.2, -0.15) is 0 Å². The van der Waals surface area contributed by atoms with Crippen molar-refractivity contribution in [3.8, 4) is 5.75 Å². The molecule has 1 aromatic rings. The summed E-state index contributed by atoms with van der Waals surface area (Å²) in [6.07, 6.45) is 2.36. The number of allylic oxidation sites excluding steroid dienone is 1. The van der Waals surface area contributed by atoms with Crippen molar-refractivity contribution in [3.05, 3.63) is 40.5 Å². The van der Waals surface area contributed by atoms with Crippen LogP contribution in [0.15, 0.2) is 23.3 Å². The lowest BCUT2D eigenvalue weighted by atomic mass is 10.0. The number of halogens is 2. The summed E-state index contributed by atoms with van der Waals surface area (Å²) in [7, 11) is 1.52. The van der Waals surface area contributed by atoms with Crippen LogP contribution in [-0.4, -0.2) is 32.9 Å². The molecule has 0 fully saturated rings. The number of hydrogen-bond acceptors (Lipinski definition) is 4. The molecule has 0 aliphatic heterocycles. The van der Waals surface area contributed by atoms with Crippen LogP contribution in [0.4, 0.5) is 8.78 Å². The maximum atomic E-state index is 14.3. The van der Waals surface area contributed by atoms with Crippen molar-refractivity contribution in [2.24, 2.45) is 0 Å².